The van der Waals surface area contributed by atoms with Gasteiger partial charge in [0.15, 0.2) is 0 Å². The smallest absolute Gasteiger partial charge is 0.281 e. The van der Waals surface area contributed by atoms with Gasteiger partial charge >= 0.3 is 0 Å². The zero-order valence-electron chi connectivity index (χ0n) is 12.7. The summed E-state index contributed by atoms with van der Waals surface area (Å²) >= 11 is 5.90. The molecular formula is C17H13ClFN3O2. The maximum atomic E-state index is 12.9. The highest BCUT2D eigenvalue weighted by Gasteiger charge is 2.13. The second-order valence-electron chi connectivity index (χ2n) is 5.30. The Balaban J connectivity index is 1.90. The first-order chi connectivity index (χ1) is 11.4. The summed E-state index contributed by atoms with van der Waals surface area (Å²) in [5.74, 6) is -0.755. The molecule has 0 atom stereocenters. The average Bonchev–Trinajstić information content (AvgIpc) is 2.54. The number of hydrogen-bond acceptors (Lipinski definition) is 3. The number of benzene rings is 1. The van der Waals surface area contributed by atoms with Crippen LogP contribution in [0.4, 0.5) is 10.1 Å². The summed E-state index contributed by atoms with van der Waals surface area (Å²) in [5, 5.41) is 2.97. The average molecular weight is 346 g/mol. The summed E-state index contributed by atoms with van der Waals surface area (Å²) in [6.07, 6.45) is 1.47. The minimum absolute atomic E-state index is 0.0252. The number of nitrogens with zero attached hydrogens (tertiary/aromatic N) is 2. The quantitative estimate of drug-likeness (QED) is 0.793. The molecule has 1 N–H and O–H groups in total. The lowest BCUT2D eigenvalue weighted by Crippen LogP contribution is -2.25. The van der Waals surface area contributed by atoms with E-state index >= 15 is 0 Å². The summed E-state index contributed by atoms with van der Waals surface area (Å²) < 4.78 is 14.2. The molecule has 0 aliphatic heterocycles. The SMILES string of the molecule is Cc1nc2ccc(Cl)cn2c(=O)c1NC(=O)Cc1ccc(F)cc1. The van der Waals surface area contributed by atoms with Crippen molar-refractivity contribution in [1.82, 2.24) is 9.38 Å². The maximum Gasteiger partial charge on any atom is 0.281 e. The van der Waals surface area contributed by atoms with Crippen molar-refractivity contribution in [2.75, 3.05) is 5.32 Å². The monoisotopic (exact) mass is 345 g/mol. The predicted octanol–water partition coefficient (Wildman–Crippen LogP) is 2.98. The van der Waals surface area contributed by atoms with E-state index in [0.29, 0.717) is 21.9 Å². The number of rotatable bonds is 3. The van der Waals surface area contributed by atoms with Crippen LogP contribution in [0.15, 0.2) is 47.4 Å². The van der Waals surface area contributed by atoms with Crippen LogP contribution in [-0.4, -0.2) is 15.3 Å². The van der Waals surface area contributed by atoms with Crippen molar-refractivity contribution in [2.24, 2.45) is 0 Å². The third-order valence-electron chi connectivity index (χ3n) is 3.51. The van der Waals surface area contributed by atoms with Crippen LogP contribution in [0.5, 0.6) is 0 Å². The van der Waals surface area contributed by atoms with Crippen LogP contribution in [0.3, 0.4) is 0 Å². The van der Waals surface area contributed by atoms with E-state index < -0.39 is 5.56 Å². The molecule has 5 nitrogen and oxygen atoms in total. The molecule has 3 aromatic rings. The molecule has 0 saturated heterocycles. The fraction of sp³-hybridized carbons (Fsp3) is 0.118. The Morgan fingerprint density at radius 3 is 2.67 bits per heavy atom. The minimum Gasteiger partial charge on any atom is -0.320 e. The van der Waals surface area contributed by atoms with Crippen LogP contribution in [0.2, 0.25) is 5.02 Å². The normalized spacial score (nSPS) is 10.8. The van der Waals surface area contributed by atoms with Crippen molar-refractivity contribution in [3.63, 3.8) is 0 Å². The lowest BCUT2D eigenvalue weighted by molar-refractivity contribution is -0.115. The predicted molar refractivity (Wildman–Crippen MR) is 89.9 cm³/mol. The highest BCUT2D eigenvalue weighted by Crippen LogP contribution is 2.13. The van der Waals surface area contributed by atoms with Crippen molar-refractivity contribution < 1.29 is 9.18 Å². The minimum atomic E-state index is -0.410. The fourth-order valence-corrected chi connectivity index (χ4v) is 2.50. The Bertz CT molecular complexity index is 984. The topological polar surface area (TPSA) is 63.5 Å². The molecule has 7 heteroatoms. The largest absolute Gasteiger partial charge is 0.320 e. The number of amides is 1. The van der Waals surface area contributed by atoms with Crippen LogP contribution in [0, 0.1) is 12.7 Å². The number of nitrogens with one attached hydrogen (secondary N) is 1. The Labute approximate surface area is 141 Å². The first-order valence-corrected chi connectivity index (χ1v) is 7.54. The van der Waals surface area contributed by atoms with Crippen LogP contribution in [-0.2, 0) is 11.2 Å². The van der Waals surface area contributed by atoms with Crippen LogP contribution < -0.4 is 10.9 Å². The number of halogens is 2. The third-order valence-corrected chi connectivity index (χ3v) is 3.73. The molecule has 0 radical (unpaired) electrons. The van der Waals surface area contributed by atoms with Crippen molar-refractivity contribution in [1.29, 1.82) is 0 Å². The molecule has 0 unspecified atom stereocenters. The highest BCUT2D eigenvalue weighted by atomic mass is 35.5. The molecule has 0 bridgehead atoms. The lowest BCUT2D eigenvalue weighted by Gasteiger charge is -2.10. The molecule has 0 spiro atoms. The van der Waals surface area contributed by atoms with Gasteiger partial charge in [-0.1, -0.05) is 23.7 Å². The van der Waals surface area contributed by atoms with Crippen molar-refractivity contribution in [3.05, 3.63) is 75.0 Å². The van der Waals surface area contributed by atoms with Gasteiger partial charge in [0.1, 0.15) is 17.2 Å². The molecule has 1 aromatic carbocycles. The molecular weight excluding hydrogens is 333 g/mol. The number of fused-ring (bicyclic) bond motifs is 1. The van der Waals surface area contributed by atoms with E-state index in [-0.39, 0.29) is 23.8 Å². The van der Waals surface area contributed by atoms with E-state index in [0.717, 1.165) is 0 Å². The fourth-order valence-electron chi connectivity index (χ4n) is 2.34. The van der Waals surface area contributed by atoms with Gasteiger partial charge in [0.2, 0.25) is 5.91 Å². The molecule has 0 aliphatic rings. The Hall–Kier alpha value is -2.73. The van der Waals surface area contributed by atoms with Gasteiger partial charge in [0.25, 0.3) is 5.56 Å². The van der Waals surface area contributed by atoms with E-state index in [4.69, 9.17) is 11.6 Å². The van der Waals surface area contributed by atoms with E-state index in [9.17, 15) is 14.0 Å². The van der Waals surface area contributed by atoms with Crippen molar-refractivity contribution in [3.8, 4) is 0 Å². The molecule has 24 heavy (non-hydrogen) atoms. The first kappa shape index (κ1) is 16.1. The van der Waals surface area contributed by atoms with Gasteiger partial charge in [-0.3, -0.25) is 14.0 Å². The number of aryl methyl sites for hydroxylation is 1. The summed E-state index contributed by atoms with van der Waals surface area (Å²) in [6, 6.07) is 8.86. The molecule has 2 aromatic heterocycles. The summed E-state index contributed by atoms with van der Waals surface area (Å²) in [6.45, 7) is 1.64. The molecule has 0 saturated carbocycles. The van der Waals surface area contributed by atoms with Gasteiger partial charge in [-0.2, -0.15) is 0 Å². The number of hydrogen-bond donors (Lipinski definition) is 1. The second kappa shape index (κ2) is 6.41. The number of anilines is 1. The Kier molecular flexibility index (Phi) is 4.31. The Morgan fingerprint density at radius 1 is 1.25 bits per heavy atom. The molecule has 1 amide bonds. The second-order valence-corrected chi connectivity index (χ2v) is 5.74. The van der Waals surface area contributed by atoms with E-state index in [1.807, 2.05) is 0 Å². The highest BCUT2D eigenvalue weighted by molar-refractivity contribution is 6.30. The molecule has 2 heterocycles. The summed E-state index contributed by atoms with van der Waals surface area (Å²) in [4.78, 5) is 29.0. The first-order valence-electron chi connectivity index (χ1n) is 7.17. The van der Waals surface area contributed by atoms with Crippen LogP contribution in [0.25, 0.3) is 5.65 Å². The zero-order valence-corrected chi connectivity index (χ0v) is 13.5. The molecule has 0 aliphatic carbocycles. The van der Waals surface area contributed by atoms with Gasteiger partial charge in [-0.05, 0) is 36.8 Å². The number of aromatic nitrogens is 2. The van der Waals surface area contributed by atoms with E-state index in [1.165, 1.54) is 34.9 Å². The number of pyridine rings is 1. The Morgan fingerprint density at radius 2 is 1.96 bits per heavy atom. The standard InChI is InChI=1S/C17H13ClFN3O2/c1-10-16(17(24)22-9-12(18)4-7-14(22)20-10)21-15(23)8-11-2-5-13(19)6-3-11/h2-7,9H,8H2,1H3,(H,21,23). The van der Waals surface area contributed by atoms with Gasteiger partial charge in [-0.25, -0.2) is 9.37 Å². The molecule has 0 fully saturated rings. The summed E-state index contributed by atoms with van der Waals surface area (Å²) in [7, 11) is 0. The molecule has 122 valence electrons. The van der Waals surface area contributed by atoms with Gasteiger partial charge in [0.05, 0.1) is 17.1 Å². The number of carbonyl (C=O) groups excluding carboxylic acids is 1. The van der Waals surface area contributed by atoms with Gasteiger partial charge < -0.3 is 5.32 Å². The van der Waals surface area contributed by atoms with E-state index in [1.54, 1.807) is 19.1 Å². The van der Waals surface area contributed by atoms with Gasteiger partial charge in [0, 0.05) is 6.20 Å². The van der Waals surface area contributed by atoms with Crippen molar-refractivity contribution in [2.45, 2.75) is 13.3 Å². The molecule has 3 rings (SSSR count). The van der Waals surface area contributed by atoms with E-state index in [2.05, 4.69) is 10.3 Å². The maximum absolute atomic E-state index is 12.9. The van der Waals surface area contributed by atoms with Crippen LogP contribution >= 0.6 is 11.6 Å². The number of carbonyl (C=O) groups is 1. The lowest BCUT2D eigenvalue weighted by atomic mass is 10.1. The third kappa shape index (κ3) is 3.28. The van der Waals surface area contributed by atoms with Crippen molar-refractivity contribution >= 4 is 28.8 Å². The van der Waals surface area contributed by atoms with Gasteiger partial charge in [-0.15, -0.1) is 0 Å². The summed E-state index contributed by atoms with van der Waals surface area (Å²) in [5.41, 5.74) is 1.19. The zero-order chi connectivity index (χ0) is 17.3. The van der Waals surface area contributed by atoms with Crippen LogP contribution in [0.1, 0.15) is 11.3 Å².